The molecule has 12 heavy (non-hydrogen) atoms. The molecular formula is C8H11NO2S. The molecule has 0 bridgehead atoms. The van der Waals surface area contributed by atoms with E-state index in [0.29, 0.717) is 13.2 Å². The van der Waals surface area contributed by atoms with Gasteiger partial charge >= 0.3 is 0 Å². The van der Waals surface area contributed by atoms with Crippen molar-refractivity contribution in [3.05, 3.63) is 15.6 Å². The molecule has 2 heterocycles. The highest BCUT2D eigenvalue weighted by Crippen LogP contribution is 2.33. The fourth-order valence-electron chi connectivity index (χ4n) is 1.39. The second-order valence-electron chi connectivity index (χ2n) is 3.16. The van der Waals surface area contributed by atoms with Gasteiger partial charge in [-0.1, -0.05) is 0 Å². The van der Waals surface area contributed by atoms with Crippen LogP contribution in [0.4, 0.5) is 0 Å². The number of rotatable bonds is 1. The molecule has 4 heteroatoms. The zero-order valence-electron chi connectivity index (χ0n) is 7.13. The van der Waals surface area contributed by atoms with E-state index in [4.69, 9.17) is 4.74 Å². The zero-order chi connectivity index (χ0) is 8.77. The van der Waals surface area contributed by atoms with Crippen LogP contribution in [0.2, 0.25) is 0 Å². The van der Waals surface area contributed by atoms with Crippen molar-refractivity contribution in [2.75, 3.05) is 13.2 Å². The molecule has 1 aromatic rings. The quantitative estimate of drug-likeness (QED) is 0.709. The Hall–Kier alpha value is -0.450. The van der Waals surface area contributed by atoms with Crippen LogP contribution in [-0.4, -0.2) is 23.3 Å². The van der Waals surface area contributed by atoms with Crippen LogP contribution in [0, 0.1) is 13.8 Å². The first-order valence-corrected chi connectivity index (χ1v) is 4.68. The number of aliphatic hydroxyl groups is 1. The van der Waals surface area contributed by atoms with Gasteiger partial charge in [0, 0.05) is 4.88 Å². The molecule has 1 aliphatic rings. The third-order valence-corrected chi connectivity index (χ3v) is 2.91. The van der Waals surface area contributed by atoms with Crippen molar-refractivity contribution >= 4 is 11.3 Å². The third kappa shape index (κ3) is 1.07. The maximum atomic E-state index is 9.89. The Kier molecular flexibility index (Phi) is 1.71. The average molecular weight is 185 g/mol. The van der Waals surface area contributed by atoms with Crippen molar-refractivity contribution in [3.8, 4) is 0 Å². The smallest absolute Gasteiger partial charge is 0.154 e. The van der Waals surface area contributed by atoms with Crippen LogP contribution < -0.4 is 0 Å². The van der Waals surface area contributed by atoms with Gasteiger partial charge in [0.05, 0.1) is 23.9 Å². The molecular weight excluding hydrogens is 174 g/mol. The molecule has 0 atom stereocenters. The number of nitrogens with zero attached hydrogens (tertiary/aromatic N) is 1. The summed E-state index contributed by atoms with van der Waals surface area (Å²) in [5.41, 5.74) is 0.00530. The highest BCUT2D eigenvalue weighted by atomic mass is 32.1. The summed E-state index contributed by atoms with van der Waals surface area (Å²) in [6, 6.07) is 0. The zero-order valence-corrected chi connectivity index (χ0v) is 7.94. The standard InChI is InChI=1S/C8H11NO2S/c1-5-7(9-6(2)12-5)8(10)3-11-4-8/h10H,3-4H2,1-2H3. The molecule has 0 radical (unpaired) electrons. The van der Waals surface area contributed by atoms with Crippen molar-refractivity contribution in [1.29, 1.82) is 0 Å². The summed E-state index contributed by atoms with van der Waals surface area (Å²) in [5, 5.41) is 10.9. The SMILES string of the molecule is Cc1nc(C2(O)COC2)c(C)s1. The van der Waals surface area contributed by atoms with E-state index in [-0.39, 0.29) is 0 Å². The summed E-state index contributed by atoms with van der Waals surface area (Å²) in [5.74, 6) is 0. The van der Waals surface area contributed by atoms with Crippen LogP contribution in [0.15, 0.2) is 0 Å². The van der Waals surface area contributed by atoms with E-state index in [0.717, 1.165) is 15.6 Å². The Bertz CT molecular complexity index is 304. The molecule has 0 spiro atoms. The van der Waals surface area contributed by atoms with Crippen LogP contribution in [-0.2, 0) is 10.3 Å². The van der Waals surface area contributed by atoms with Crippen molar-refractivity contribution in [2.24, 2.45) is 0 Å². The van der Waals surface area contributed by atoms with Crippen LogP contribution in [0.25, 0.3) is 0 Å². The monoisotopic (exact) mass is 185 g/mol. The van der Waals surface area contributed by atoms with Gasteiger partial charge in [-0.2, -0.15) is 0 Å². The molecule has 3 nitrogen and oxygen atoms in total. The Morgan fingerprint density at radius 3 is 2.50 bits per heavy atom. The maximum absolute atomic E-state index is 9.89. The number of ether oxygens (including phenoxy) is 1. The summed E-state index contributed by atoms with van der Waals surface area (Å²) >= 11 is 1.62. The molecule has 0 aromatic carbocycles. The summed E-state index contributed by atoms with van der Waals surface area (Å²) in [7, 11) is 0. The molecule has 1 fully saturated rings. The van der Waals surface area contributed by atoms with Crippen molar-refractivity contribution < 1.29 is 9.84 Å². The predicted molar refractivity (Wildman–Crippen MR) is 46.3 cm³/mol. The topological polar surface area (TPSA) is 42.4 Å². The van der Waals surface area contributed by atoms with E-state index in [1.807, 2.05) is 13.8 Å². The minimum absolute atomic E-state index is 0.386. The Balaban J connectivity index is 2.38. The van der Waals surface area contributed by atoms with E-state index in [2.05, 4.69) is 4.98 Å². The summed E-state index contributed by atoms with van der Waals surface area (Å²) < 4.78 is 4.97. The molecule has 0 amide bonds. The summed E-state index contributed by atoms with van der Waals surface area (Å²) in [4.78, 5) is 5.39. The van der Waals surface area contributed by atoms with Gasteiger partial charge in [-0.05, 0) is 13.8 Å². The van der Waals surface area contributed by atoms with Gasteiger partial charge in [-0.25, -0.2) is 4.98 Å². The number of aryl methyl sites for hydroxylation is 2. The van der Waals surface area contributed by atoms with Gasteiger partial charge in [0.1, 0.15) is 0 Å². The first-order chi connectivity index (χ1) is 5.62. The molecule has 2 rings (SSSR count). The van der Waals surface area contributed by atoms with Crippen molar-refractivity contribution in [3.63, 3.8) is 0 Å². The first-order valence-electron chi connectivity index (χ1n) is 3.86. The van der Waals surface area contributed by atoms with E-state index < -0.39 is 5.60 Å². The number of hydrogen-bond donors (Lipinski definition) is 1. The number of thiazole rings is 1. The van der Waals surface area contributed by atoms with Crippen LogP contribution in [0.3, 0.4) is 0 Å². The maximum Gasteiger partial charge on any atom is 0.154 e. The minimum Gasteiger partial charge on any atom is -0.379 e. The minimum atomic E-state index is -0.797. The van der Waals surface area contributed by atoms with Crippen molar-refractivity contribution in [1.82, 2.24) is 4.98 Å². The van der Waals surface area contributed by atoms with Gasteiger partial charge in [0.2, 0.25) is 0 Å². The van der Waals surface area contributed by atoms with Gasteiger partial charge in [-0.3, -0.25) is 0 Å². The molecule has 1 aliphatic heterocycles. The molecule has 1 saturated heterocycles. The lowest BCUT2D eigenvalue weighted by atomic mass is 9.97. The van der Waals surface area contributed by atoms with Crippen LogP contribution in [0.5, 0.6) is 0 Å². The highest BCUT2D eigenvalue weighted by Gasteiger charge is 2.41. The second kappa shape index (κ2) is 2.52. The fourth-order valence-corrected chi connectivity index (χ4v) is 2.31. The lowest BCUT2D eigenvalue weighted by Crippen LogP contribution is -2.47. The largest absolute Gasteiger partial charge is 0.379 e. The van der Waals surface area contributed by atoms with Crippen LogP contribution in [0.1, 0.15) is 15.6 Å². The first kappa shape index (κ1) is 8.16. The van der Waals surface area contributed by atoms with E-state index in [1.54, 1.807) is 11.3 Å². The lowest BCUT2D eigenvalue weighted by molar-refractivity contribution is -0.186. The third-order valence-electron chi connectivity index (χ3n) is 2.03. The van der Waals surface area contributed by atoms with E-state index in [9.17, 15) is 5.11 Å². The molecule has 0 unspecified atom stereocenters. The van der Waals surface area contributed by atoms with Gasteiger partial charge in [-0.15, -0.1) is 11.3 Å². The van der Waals surface area contributed by atoms with E-state index >= 15 is 0 Å². The molecule has 1 N–H and O–H groups in total. The summed E-state index contributed by atoms with van der Waals surface area (Å²) in [6.45, 7) is 4.70. The van der Waals surface area contributed by atoms with Crippen molar-refractivity contribution in [2.45, 2.75) is 19.4 Å². The van der Waals surface area contributed by atoms with Crippen LogP contribution >= 0.6 is 11.3 Å². The Morgan fingerprint density at radius 1 is 1.50 bits per heavy atom. The lowest BCUT2D eigenvalue weighted by Gasteiger charge is -2.35. The number of aromatic nitrogens is 1. The molecule has 66 valence electrons. The second-order valence-corrected chi connectivity index (χ2v) is 4.57. The molecule has 1 aromatic heterocycles. The average Bonchev–Trinajstić information content (AvgIpc) is 2.25. The molecule has 0 saturated carbocycles. The normalized spacial score (nSPS) is 20.6. The predicted octanol–water partition coefficient (Wildman–Crippen LogP) is 0.978. The highest BCUT2D eigenvalue weighted by molar-refractivity contribution is 7.11. The summed E-state index contributed by atoms with van der Waals surface area (Å²) in [6.07, 6.45) is 0. The van der Waals surface area contributed by atoms with Gasteiger partial charge < -0.3 is 9.84 Å². The fraction of sp³-hybridized carbons (Fsp3) is 0.625. The Labute approximate surface area is 75.0 Å². The van der Waals surface area contributed by atoms with Gasteiger partial charge in [0.25, 0.3) is 0 Å². The Morgan fingerprint density at radius 2 is 2.17 bits per heavy atom. The molecule has 0 aliphatic carbocycles. The van der Waals surface area contributed by atoms with Gasteiger partial charge in [0.15, 0.2) is 5.60 Å². The van der Waals surface area contributed by atoms with E-state index in [1.165, 1.54) is 0 Å². The number of hydrogen-bond acceptors (Lipinski definition) is 4.